The molecule has 0 radical (unpaired) electrons. The lowest BCUT2D eigenvalue weighted by atomic mass is 10.0. The van der Waals surface area contributed by atoms with Gasteiger partial charge in [-0.2, -0.15) is 5.26 Å². The van der Waals surface area contributed by atoms with Gasteiger partial charge < -0.3 is 0 Å². The Bertz CT molecular complexity index is 596. The number of nitriles is 1. The molecule has 2 aromatic rings. The number of hydrogen-bond donors (Lipinski definition) is 0. The summed E-state index contributed by atoms with van der Waals surface area (Å²) in [5.74, 6) is 0. The molecule has 0 amide bonds. The van der Waals surface area contributed by atoms with Crippen LogP contribution in [0.15, 0.2) is 54.6 Å². The molecular weight excluding hydrogens is 244 g/mol. The Kier molecular flexibility index (Phi) is 3.80. The van der Waals surface area contributed by atoms with E-state index in [9.17, 15) is 0 Å². The van der Waals surface area contributed by atoms with Crippen molar-refractivity contribution in [1.29, 1.82) is 5.26 Å². The number of rotatable bonds is 3. The van der Waals surface area contributed by atoms with E-state index in [0.717, 1.165) is 18.7 Å². The van der Waals surface area contributed by atoms with Crippen molar-refractivity contribution in [1.82, 2.24) is 4.90 Å². The molecule has 0 saturated carbocycles. The second-order valence-corrected chi connectivity index (χ2v) is 5.35. The molecule has 1 aliphatic heterocycles. The van der Waals surface area contributed by atoms with E-state index in [1.54, 1.807) is 0 Å². The quantitative estimate of drug-likeness (QED) is 0.839. The molecule has 1 aliphatic rings. The van der Waals surface area contributed by atoms with Crippen LogP contribution in [0.4, 0.5) is 0 Å². The van der Waals surface area contributed by atoms with E-state index >= 15 is 0 Å². The zero-order valence-electron chi connectivity index (χ0n) is 11.5. The van der Waals surface area contributed by atoms with E-state index in [1.165, 1.54) is 24.0 Å². The molecular formula is C18H18N2. The van der Waals surface area contributed by atoms with Gasteiger partial charge >= 0.3 is 0 Å². The third-order valence-corrected chi connectivity index (χ3v) is 4.02. The van der Waals surface area contributed by atoms with E-state index in [1.807, 2.05) is 12.1 Å². The van der Waals surface area contributed by atoms with Gasteiger partial charge in [0, 0.05) is 12.6 Å². The predicted octanol–water partition coefficient (Wildman–Crippen LogP) is 3.90. The summed E-state index contributed by atoms with van der Waals surface area (Å²) in [6.07, 6.45) is 2.50. The van der Waals surface area contributed by atoms with Crippen molar-refractivity contribution in [3.8, 4) is 6.07 Å². The molecule has 0 N–H and O–H groups in total. The first kappa shape index (κ1) is 12.9. The molecule has 2 nitrogen and oxygen atoms in total. The van der Waals surface area contributed by atoms with Crippen molar-refractivity contribution >= 4 is 0 Å². The van der Waals surface area contributed by atoms with Gasteiger partial charge in [0.1, 0.15) is 0 Å². The lowest BCUT2D eigenvalue weighted by molar-refractivity contribution is 0.248. The summed E-state index contributed by atoms with van der Waals surface area (Å²) in [5, 5.41) is 8.84. The molecule has 1 atom stereocenters. The van der Waals surface area contributed by atoms with Crippen LogP contribution in [0.3, 0.4) is 0 Å². The average Bonchev–Trinajstić information content (AvgIpc) is 2.97. The monoisotopic (exact) mass is 262 g/mol. The van der Waals surface area contributed by atoms with Crippen LogP contribution in [0.2, 0.25) is 0 Å². The molecule has 100 valence electrons. The number of hydrogen-bond acceptors (Lipinski definition) is 2. The van der Waals surface area contributed by atoms with Gasteiger partial charge in [-0.1, -0.05) is 42.5 Å². The molecule has 1 saturated heterocycles. The van der Waals surface area contributed by atoms with Gasteiger partial charge in [-0.15, -0.1) is 0 Å². The van der Waals surface area contributed by atoms with Gasteiger partial charge in [0.15, 0.2) is 0 Å². The zero-order chi connectivity index (χ0) is 13.8. The Hall–Kier alpha value is -2.11. The molecule has 1 heterocycles. The van der Waals surface area contributed by atoms with Crippen molar-refractivity contribution in [2.45, 2.75) is 25.4 Å². The van der Waals surface area contributed by atoms with Crippen molar-refractivity contribution < 1.29 is 0 Å². The first-order chi connectivity index (χ1) is 9.86. The fourth-order valence-corrected chi connectivity index (χ4v) is 2.99. The van der Waals surface area contributed by atoms with Crippen LogP contribution in [-0.2, 0) is 6.54 Å². The molecule has 0 aliphatic carbocycles. The number of benzene rings is 2. The first-order valence-corrected chi connectivity index (χ1v) is 7.15. The van der Waals surface area contributed by atoms with E-state index in [4.69, 9.17) is 5.26 Å². The standard InChI is InChI=1S/C18H18N2/c19-13-15-8-10-16(11-9-15)14-20-12-4-7-18(20)17-5-2-1-3-6-17/h1-3,5-6,8-11,18H,4,7,12,14H2/t18-/m1/s1. The van der Waals surface area contributed by atoms with Gasteiger partial charge in [-0.3, -0.25) is 4.90 Å². The van der Waals surface area contributed by atoms with Crippen LogP contribution < -0.4 is 0 Å². The minimum Gasteiger partial charge on any atom is -0.292 e. The second kappa shape index (κ2) is 5.90. The van der Waals surface area contributed by atoms with Gasteiger partial charge in [-0.25, -0.2) is 0 Å². The SMILES string of the molecule is N#Cc1ccc(CN2CCC[C@@H]2c2ccccc2)cc1. The van der Waals surface area contributed by atoms with Gasteiger partial charge in [-0.05, 0) is 42.6 Å². The van der Waals surface area contributed by atoms with E-state index in [0.29, 0.717) is 6.04 Å². The van der Waals surface area contributed by atoms with Crippen LogP contribution >= 0.6 is 0 Å². The van der Waals surface area contributed by atoms with Crippen molar-refractivity contribution in [2.24, 2.45) is 0 Å². The van der Waals surface area contributed by atoms with Crippen LogP contribution in [0.1, 0.15) is 35.6 Å². The van der Waals surface area contributed by atoms with E-state index in [2.05, 4.69) is 53.4 Å². The van der Waals surface area contributed by atoms with E-state index in [-0.39, 0.29) is 0 Å². The highest BCUT2D eigenvalue weighted by Gasteiger charge is 2.25. The Labute approximate surface area is 120 Å². The van der Waals surface area contributed by atoms with E-state index < -0.39 is 0 Å². The van der Waals surface area contributed by atoms with Gasteiger partial charge in [0.05, 0.1) is 11.6 Å². The molecule has 2 heteroatoms. The maximum atomic E-state index is 8.84. The van der Waals surface area contributed by atoms with Crippen molar-refractivity contribution in [2.75, 3.05) is 6.54 Å². The Balaban J connectivity index is 1.74. The largest absolute Gasteiger partial charge is 0.292 e. The first-order valence-electron chi connectivity index (χ1n) is 7.15. The fraction of sp³-hybridized carbons (Fsp3) is 0.278. The summed E-state index contributed by atoms with van der Waals surface area (Å²) >= 11 is 0. The van der Waals surface area contributed by atoms with Crippen LogP contribution in [0, 0.1) is 11.3 Å². The number of likely N-dealkylation sites (tertiary alicyclic amines) is 1. The maximum Gasteiger partial charge on any atom is 0.0991 e. The Morgan fingerprint density at radius 1 is 1.05 bits per heavy atom. The molecule has 0 unspecified atom stereocenters. The third kappa shape index (κ3) is 2.74. The third-order valence-electron chi connectivity index (χ3n) is 4.02. The lowest BCUT2D eigenvalue weighted by Gasteiger charge is -2.25. The fourth-order valence-electron chi connectivity index (χ4n) is 2.99. The van der Waals surface area contributed by atoms with Crippen LogP contribution in [-0.4, -0.2) is 11.4 Å². The lowest BCUT2D eigenvalue weighted by Crippen LogP contribution is -2.22. The van der Waals surface area contributed by atoms with Crippen LogP contribution in [0.25, 0.3) is 0 Å². The molecule has 0 bridgehead atoms. The minimum atomic E-state index is 0.534. The molecule has 2 aromatic carbocycles. The molecule has 20 heavy (non-hydrogen) atoms. The highest BCUT2D eigenvalue weighted by atomic mass is 15.2. The highest BCUT2D eigenvalue weighted by molar-refractivity contribution is 5.31. The van der Waals surface area contributed by atoms with Gasteiger partial charge in [0.25, 0.3) is 0 Å². The molecule has 1 fully saturated rings. The zero-order valence-corrected chi connectivity index (χ0v) is 11.5. The van der Waals surface area contributed by atoms with Crippen molar-refractivity contribution in [3.63, 3.8) is 0 Å². The summed E-state index contributed by atoms with van der Waals surface area (Å²) in [7, 11) is 0. The van der Waals surface area contributed by atoms with Gasteiger partial charge in [0.2, 0.25) is 0 Å². The summed E-state index contributed by atoms with van der Waals surface area (Å²) in [4.78, 5) is 2.54. The number of nitrogens with zero attached hydrogens (tertiary/aromatic N) is 2. The van der Waals surface area contributed by atoms with Crippen LogP contribution in [0.5, 0.6) is 0 Å². The molecule has 0 aromatic heterocycles. The summed E-state index contributed by atoms with van der Waals surface area (Å²) < 4.78 is 0. The smallest absolute Gasteiger partial charge is 0.0991 e. The second-order valence-electron chi connectivity index (χ2n) is 5.35. The Morgan fingerprint density at radius 3 is 2.50 bits per heavy atom. The summed E-state index contributed by atoms with van der Waals surface area (Å²) in [5.41, 5.74) is 3.43. The predicted molar refractivity (Wildman–Crippen MR) is 80.0 cm³/mol. The van der Waals surface area contributed by atoms with Crippen molar-refractivity contribution in [3.05, 3.63) is 71.3 Å². The minimum absolute atomic E-state index is 0.534. The Morgan fingerprint density at radius 2 is 1.80 bits per heavy atom. The average molecular weight is 262 g/mol. The molecule has 0 spiro atoms. The summed E-state index contributed by atoms with van der Waals surface area (Å²) in [6.45, 7) is 2.12. The topological polar surface area (TPSA) is 27.0 Å². The molecule has 3 rings (SSSR count). The maximum absolute atomic E-state index is 8.84. The highest BCUT2D eigenvalue weighted by Crippen LogP contribution is 2.32. The summed E-state index contributed by atoms with van der Waals surface area (Å²) in [6, 6.07) is 21.4. The normalized spacial score (nSPS) is 18.9.